The molecule has 0 saturated heterocycles. The lowest BCUT2D eigenvalue weighted by Gasteiger charge is -2.07. The molecule has 4 heteroatoms. The number of nitrogens with one attached hydrogen (secondary N) is 1. The molecular weight excluding hydrogens is 212 g/mol. The van der Waals surface area contributed by atoms with Crippen molar-refractivity contribution in [1.82, 2.24) is 5.32 Å². The standard InChI is InChI=1S/C12H13F2NO/c1-3-4-7-15-12(16)10-9(13)6-5-8(2)11(10)14/h3,5-6H,1,4,7H2,2H3,(H,15,16). The van der Waals surface area contributed by atoms with Crippen LogP contribution < -0.4 is 5.32 Å². The van der Waals surface area contributed by atoms with Gasteiger partial charge >= 0.3 is 0 Å². The summed E-state index contributed by atoms with van der Waals surface area (Å²) in [5, 5.41) is 2.42. The Balaban J connectivity index is 2.90. The number of carbonyl (C=O) groups excluding carboxylic acids is 1. The Bertz CT molecular complexity index is 416. The first kappa shape index (κ1) is 12.4. The van der Waals surface area contributed by atoms with Gasteiger partial charge in [0.15, 0.2) is 0 Å². The molecule has 1 rings (SSSR count). The Morgan fingerprint density at radius 2 is 2.19 bits per heavy atom. The normalized spacial score (nSPS) is 9.94. The summed E-state index contributed by atoms with van der Waals surface area (Å²) in [4.78, 5) is 11.5. The van der Waals surface area contributed by atoms with Gasteiger partial charge in [0.25, 0.3) is 5.91 Å². The van der Waals surface area contributed by atoms with E-state index in [2.05, 4.69) is 11.9 Å². The van der Waals surface area contributed by atoms with E-state index in [1.165, 1.54) is 13.0 Å². The third-order valence-corrected chi connectivity index (χ3v) is 2.15. The molecule has 2 nitrogen and oxygen atoms in total. The van der Waals surface area contributed by atoms with Gasteiger partial charge in [0.1, 0.15) is 17.2 Å². The van der Waals surface area contributed by atoms with Crippen molar-refractivity contribution in [2.45, 2.75) is 13.3 Å². The van der Waals surface area contributed by atoms with E-state index in [-0.39, 0.29) is 5.56 Å². The first-order chi connectivity index (χ1) is 7.57. The molecule has 0 fully saturated rings. The van der Waals surface area contributed by atoms with E-state index >= 15 is 0 Å². The van der Waals surface area contributed by atoms with Crippen molar-refractivity contribution in [2.75, 3.05) is 6.54 Å². The molecule has 0 saturated carbocycles. The van der Waals surface area contributed by atoms with Gasteiger partial charge in [-0.15, -0.1) is 6.58 Å². The van der Waals surface area contributed by atoms with Crippen LogP contribution >= 0.6 is 0 Å². The highest BCUT2D eigenvalue weighted by molar-refractivity contribution is 5.94. The molecule has 0 aliphatic carbocycles. The summed E-state index contributed by atoms with van der Waals surface area (Å²) in [5.74, 6) is -2.39. The average Bonchev–Trinajstić information content (AvgIpc) is 2.24. The first-order valence-corrected chi connectivity index (χ1v) is 4.91. The van der Waals surface area contributed by atoms with Gasteiger partial charge in [-0.25, -0.2) is 8.78 Å². The smallest absolute Gasteiger partial charge is 0.257 e. The summed E-state index contributed by atoms with van der Waals surface area (Å²) >= 11 is 0. The van der Waals surface area contributed by atoms with Crippen molar-refractivity contribution >= 4 is 5.91 Å². The van der Waals surface area contributed by atoms with Crippen LogP contribution in [0.3, 0.4) is 0 Å². The van der Waals surface area contributed by atoms with E-state index in [1.54, 1.807) is 6.08 Å². The third-order valence-electron chi connectivity index (χ3n) is 2.15. The zero-order valence-electron chi connectivity index (χ0n) is 9.02. The van der Waals surface area contributed by atoms with Gasteiger partial charge in [-0.3, -0.25) is 4.79 Å². The molecule has 0 aliphatic rings. The highest BCUT2D eigenvalue weighted by atomic mass is 19.1. The second-order valence-corrected chi connectivity index (χ2v) is 3.39. The first-order valence-electron chi connectivity index (χ1n) is 4.91. The lowest BCUT2D eigenvalue weighted by Crippen LogP contribution is -2.26. The van der Waals surface area contributed by atoms with Crippen LogP contribution in [0, 0.1) is 18.6 Å². The maximum atomic E-state index is 13.5. The molecule has 0 radical (unpaired) electrons. The van der Waals surface area contributed by atoms with Gasteiger partial charge in [-0.1, -0.05) is 12.1 Å². The number of aryl methyl sites for hydroxylation is 1. The fourth-order valence-electron chi connectivity index (χ4n) is 1.24. The molecule has 0 atom stereocenters. The van der Waals surface area contributed by atoms with E-state index in [4.69, 9.17) is 0 Å². The molecule has 0 bridgehead atoms. The molecule has 0 unspecified atom stereocenters. The molecule has 0 aromatic heterocycles. The number of hydrogen-bond acceptors (Lipinski definition) is 1. The van der Waals surface area contributed by atoms with Crippen molar-refractivity contribution in [3.63, 3.8) is 0 Å². The molecule has 0 aliphatic heterocycles. The number of carbonyl (C=O) groups is 1. The minimum atomic E-state index is -0.848. The lowest BCUT2D eigenvalue weighted by atomic mass is 10.1. The zero-order chi connectivity index (χ0) is 12.1. The highest BCUT2D eigenvalue weighted by Crippen LogP contribution is 2.15. The predicted octanol–water partition coefficient (Wildman–Crippen LogP) is 2.58. The summed E-state index contributed by atoms with van der Waals surface area (Å²) in [6.45, 7) is 5.28. The Morgan fingerprint density at radius 1 is 1.50 bits per heavy atom. The van der Waals surface area contributed by atoms with Crippen LogP contribution in [0.25, 0.3) is 0 Å². The fraction of sp³-hybridized carbons (Fsp3) is 0.250. The topological polar surface area (TPSA) is 29.1 Å². The van der Waals surface area contributed by atoms with Crippen molar-refractivity contribution < 1.29 is 13.6 Å². The maximum absolute atomic E-state index is 13.5. The highest BCUT2D eigenvalue weighted by Gasteiger charge is 2.18. The lowest BCUT2D eigenvalue weighted by molar-refractivity contribution is 0.0945. The zero-order valence-corrected chi connectivity index (χ0v) is 9.02. The van der Waals surface area contributed by atoms with E-state index in [0.29, 0.717) is 13.0 Å². The van der Waals surface area contributed by atoms with Gasteiger partial charge in [0, 0.05) is 6.54 Å². The Morgan fingerprint density at radius 3 is 2.81 bits per heavy atom. The van der Waals surface area contributed by atoms with Gasteiger partial charge in [-0.2, -0.15) is 0 Å². The van der Waals surface area contributed by atoms with Crippen LogP contribution in [-0.2, 0) is 0 Å². The van der Waals surface area contributed by atoms with Crippen LogP contribution in [0.2, 0.25) is 0 Å². The Hall–Kier alpha value is -1.71. The monoisotopic (exact) mass is 225 g/mol. The van der Waals surface area contributed by atoms with Crippen molar-refractivity contribution in [3.8, 4) is 0 Å². The van der Waals surface area contributed by atoms with Crippen LogP contribution in [-0.4, -0.2) is 12.5 Å². The minimum Gasteiger partial charge on any atom is -0.352 e. The number of halogens is 2. The van der Waals surface area contributed by atoms with Crippen LogP contribution in [0.15, 0.2) is 24.8 Å². The second-order valence-electron chi connectivity index (χ2n) is 3.39. The Kier molecular flexibility index (Phi) is 4.17. The van der Waals surface area contributed by atoms with E-state index in [9.17, 15) is 13.6 Å². The maximum Gasteiger partial charge on any atom is 0.257 e. The SMILES string of the molecule is C=CCCNC(=O)c1c(F)ccc(C)c1F. The van der Waals surface area contributed by atoms with E-state index < -0.39 is 23.1 Å². The number of benzene rings is 1. The van der Waals surface area contributed by atoms with Crippen LogP contribution in [0.5, 0.6) is 0 Å². The third kappa shape index (κ3) is 2.66. The number of rotatable bonds is 4. The molecule has 1 aromatic carbocycles. The molecule has 1 aromatic rings. The van der Waals surface area contributed by atoms with Gasteiger partial charge in [0.05, 0.1) is 0 Å². The van der Waals surface area contributed by atoms with Gasteiger partial charge in [-0.05, 0) is 25.0 Å². The van der Waals surface area contributed by atoms with Crippen LogP contribution in [0.4, 0.5) is 8.78 Å². The largest absolute Gasteiger partial charge is 0.352 e. The van der Waals surface area contributed by atoms with Crippen molar-refractivity contribution in [3.05, 3.63) is 47.5 Å². The van der Waals surface area contributed by atoms with Crippen molar-refractivity contribution in [2.24, 2.45) is 0 Å². The molecule has 0 spiro atoms. The average molecular weight is 225 g/mol. The van der Waals surface area contributed by atoms with E-state index in [0.717, 1.165) is 6.07 Å². The van der Waals surface area contributed by atoms with Gasteiger partial charge < -0.3 is 5.32 Å². The molecule has 0 heterocycles. The van der Waals surface area contributed by atoms with E-state index in [1.807, 2.05) is 0 Å². The molecule has 16 heavy (non-hydrogen) atoms. The summed E-state index contributed by atoms with van der Waals surface area (Å²) in [6.07, 6.45) is 2.17. The molecule has 86 valence electrons. The van der Waals surface area contributed by atoms with Gasteiger partial charge in [0.2, 0.25) is 0 Å². The summed E-state index contributed by atoms with van der Waals surface area (Å²) in [6, 6.07) is 2.38. The van der Waals surface area contributed by atoms with Crippen molar-refractivity contribution in [1.29, 1.82) is 0 Å². The Labute approximate surface area is 93.0 Å². The molecular formula is C12H13F2NO. The summed E-state index contributed by atoms with van der Waals surface area (Å²) in [7, 11) is 0. The predicted molar refractivity (Wildman–Crippen MR) is 58.2 cm³/mol. The minimum absolute atomic E-state index is 0.246. The van der Waals surface area contributed by atoms with Crippen LogP contribution in [0.1, 0.15) is 22.3 Å². The quantitative estimate of drug-likeness (QED) is 0.619. The summed E-state index contributed by atoms with van der Waals surface area (Å²) < 4.78 is 26.8. The molecule has 1 amide bonds. The second kappa shape index (κ2) is 5.39. The molecule has 1 N–H and O–H groups in total. The summed E-state index contributed by atoms with van der Waals surface area (Å²) in [5.41, 5.74) is -0.278. The fourth-order valence-corrected chi connectivity index (χ4v) is 1.24. The number of amides is 1. The number of hydrogen-bond donors (Lipinski definition) is 1.